The summed E-state index contributed by atoms with van der Waals surface area (Å²) in [6, 6.07) is 13.5. The second kappa shape index (κ2) is 6.97. The fourth-order valence-electron chi connectivity index (χ4n) is 2.19. The number of thiophene rings is 1. The molecule has 4 heteroatoms. The van der Waals surface area contributed by atoms with E-state index in [1.165, 1.54) is 0 Å². The SMILES string of the molecule is C[C@@H](Oc1ccccc1)C(=O)N[C@H](c1cccs1)C(C)(C)C. The van der Waals surface area contributed by atoms with Crippen molar-refractivity contribution in [2.75, 3.05) is 0 Å². The highest BCUT2D eigenvalue weighted by Gasteiger charge is 2.30. The third kappa shape index (κ3) is 4.34. The number of nitrogens with one attached hydrogen (secondary N) is 1. The summed E-state index contributed by atoms with van der Waals surface area (Å²) in [4.78, 5) is 13.6. The smallest absolute Gasteiger partial charge is 0.261 e. The number of rotatable bonds is 5. The van der Waals surface area contributed by atoms with E-state index < -0.39 is 6.10 Å². The molecule has 2 rings (SSSR count). The number of benzene rings is 1. The Labute approximate surface area is 136 Å². The minimum Gasteiger partial charge on any atom is -0.481 e. The van der Waals surface area contributed by atoms with Crippen LogP contribution in [0.25, 0.3) is 0 Å². The van der Waals surface area contributed by atoms with Gasteiger partial charge in [0.05, 0.1) is 6.04 Å². The van der Waals surface area contributed by atoms with Gasteiger partial charge in [0.15, 0.2) is 6.10 Å². The van der Waals surface area contributed by atoms with E-state index in [1.807, 2.05) is 41.8 Å². The lowest BCUT2D eigenvalue weighted by molar-refractivity contribution is -0.128. The van der Waals surface area contributed by atoms with Crippen molar-refractivity contribution in [2.45, 2.75) is 39.8 Å². The second-order valence-corrected chi connectivity index (χ2v) is 7.38. The molecule has 0 saturated heterocycles. The van der Waals surface area contributed by atoms with E-state index in [4.69, 9.17) is 4.74 Å². The van der Waals surface area contributed by atoms with Crippen LogP contribution < -0.4 is 10.1 Å². The lowest BCUT2D eigenvalue weighted by atomic mass is 9.85. The van der Waals surface area contributed by atoms with E-state index in [1.54, 1.807) is 18.3 Å². The number of hydrogen-bond donors (Lipinski definition) is 1. The minimum atomic E-state index is -0.535. The van der Waals surface area contributed by atoms with Crippen LogP contribution in [0.4, 0.5) is 0 Å². The predicted octanol–water partition coefficient (Wildman–Crippen LogP) is 4.42. The van der Waals surface area contributed by atoms with Gasteiger partial charge in [0.2, 0.25) is 0 Å². The van der Waals surface area contributed by atoms with Crippen LogP contribution >= 0.6 is 11.3 Å². The third-order valence-electron chi connectivity index (χ3n) is 3.41. The molecule has 1 N–H and O–H groups in total. The van der Waals surface area contributed by atoms with Crippen molar-refractivity contribution < 1.29 is 9.53 Å². The Bertz CT molecular complexity index is 587. The number of ether oxygens (including phenoxy) is 1. The molecule has 0 fully saturated rings. The molecule has 1 amide bonds. The largest absolute Gasteiger partial charge is 0.481 e. The molecule has 0 unspecified atom stereocenters. The van der Waals surface area contributed by atoms with Crippen LogP contribution in [-0.4, -0.2) is 12.0 Å². The van der Waals surface area contributed by atoms with E-state index in [2.05, 4.69) is 32.2 Å². The van der Waals surface area contributed by atoms with Crippen LogP contribution in [0, 0.1) is 5.41 Å². The number of hydrogen-bond acceptors (Lipinski definition) is 3. The Balaban J connectivity index is 2.05. The minimum absolute atomic E-state index is 0.0261. The van der Waals surface area contributed by atoms with E-state index in [9.17, 15) is 4.79 Å². The number of carbonyl (C=O) groups excluding carboxylic acids is 1. The number of para-hydroxylation sites is 1. The molecule has 2 aromatic rings. The first-order chi connectivity index (χ1) is 10.4. The van der Waals surface area contributed by atoms with E-state index >= 15 is 0 Å². The molecule has 3 nitrogen and oxygen atoms in total. The summed E-state index contributed by atoms with van der Waals surface area (Å²) < 4.78 is 5.70. The molecular formula is C18H23NO2S. The van der Waals surface area contributed by atoms with E-state index in [0.29, 0.717) is 5.75 Å². The van der Waals surface area contributed by atoms with Gasteiger partial charge < -0.3 is 10.1 Å². The number of amides is 1. The van der Waals surface area contributed by atoms with Crippen LogP contribution in [0.1, 0.15) is 38.6 Å². The average Bonchev–Trinajstić information content (AvgIpc) is 2.98. The molecule has 0 bridgehead atoms. The molecule has 0 spiro atoms. The van der Waals surface area contributed by atoms with Gasteiger partial charge in [0.1, 0.15) is 5.75 Å². The Morgan fingerprint density at radius 2 is 1.82 bits per heavy atom. The highest BCUT2D eigenvalue weighted by Crippen LogP contribution is 2.35. The first-order valence-corrected chi connectivity index (χ1v) is 8.31. The molecule has 0 aliphatic heterocycles. The van der Waals surface area contributed by atoms with Crippen molar-refractivity contribution in [3.8, 4) is 5.75 Å². The highest BCUT2D eigenvalue weighted by atomic mass is 32.1. The Hall–Kier alpha value is -1.81. The monoisotopic (exact) mass is 317 g/mol. The molecular weight excluding hydrogens is 294 g/mol. The fourth-order valence-corrected chi connectivity index (χ4v) is 3.21. The fraction of sp³-hybridized carbons (Fsp3) is 0.389. The Kier molecular flexibility index (Phi) is 5.24. The summed E-state index contributed by atoms with van der Waals surface area (Å²) in [5.74, 6) is 0.603. The topological polar surface area (TPSA) is 38.3 Å². The van der Waals surface area contributed by atoms with Gasteiger partial charge in [-0.3, -0.25) is 4.79 Å². The Morgan fingerprint density at radius 3 is 2.36 bits per heavy atom. The van der Waals surface area contributed by atoms with Crippen LogP contribution in [-0.2, 0) is 4.79 Å². The summed E-state index contributed by atoms with van der Waals surface area (Å²) >= 11 is 1.66. The zero-order valence-electron chi connectivity index (χ0n) is 13.5. The van der Waals surface area contributed by atoms with Crippen molar-refractivity contribution in [2.24, 2.45) is 5.41 Å². The van der Waals surface area contributed by atoms with Crippen LogP contribution in [0.5, 0.6) is 5.75 Å². The molecule has 0 aliphatic rings. The predicted molar refractivity (Wildman–Crippen MR) is 91.2 cm³/mol. The Morgan fingerprint density at radius 1 is 1.14 bits per heavy atom. The molecule has 0 saturated carbocycles. The summed E-state index contributed by atoms with van der Waals surface area (Å²) in [7, 11) is 0. The standard InChI is InChI=1S/C18H23NO2S/c1-13(21-14-9-6-5-7-10-14)17(20)19-16(18(2,3)4)15-11-8-12-22-15/h5-13,16H,1-4H3,(H,19,20)/t13-,16-/m1/s1. The molecule has 0 aliphatic carbocycles. The van der Waals surface area contributed by atoms with Gasteiger partial charge in [0, 0.05) is 4.88 Å². The van der Waals surface area contributed by atoms with Crippen molar-refractivity contribution in [1.29, 1.82) is 0 Å². The highest BCUT2D eigenvalue weighted by molar-refractivity contribution is 7.10. The molecule has 0 radical (unpaired) electrons. The van der Waals surface area contributed by atoms with Gasteiger partial charge in [-0.1, -0.05) is 45.0 Å². The molecule has 1 aromatic carbocycles. The summed E-state index contributed by atoms with van der Waals surface area (Å²) in [5.41, 5.74) is -0.0625. The summed E-state index contributed by atoms with van der Waals surface area (Å²) in [6.45, 7) is 8.15. The van der Waals surface area contributed by atoms with E-state index in [0.717, 1.165) is 4.88 Å². The van der Waals surface area contributed by atoms with Gasteiger partial charge in [-0.05, 0) is 35.9 Å². The molecule has 1 aromatic heterocycles. The summed E-state index contributed by atoms with van der Waals surface area (Å²) in [5, 5.41) is 5.16. The second-order valence-electron chi connectivity index (χ2n) is 6.40. The van der Waals surface area contributed by atoms with Gasteiger partial charge >= 0.3 is 0 Å². The first-order valence-electron chi connectivity index (χ1n) is 7.43. The zero-order valence-corrected chi connectivity index (χ0v) is 14.3. The van der Waals surface area contributed by atoms with Crippen molar-refractivity contribution >= 4 is 17.2 Å². The molecule has 2 atom stereocenters. The van der Waals surface area contributed by atoms with Crippen LogP contribution in [0.15, 0.2) is 47.8 Å². The lowest BCUT2D eigenvalue weighted by Gasteiger charge is -2.31. The van der Waals surface area contributed by atoms with E-state index in [-0.39, 0.29) is 17.4 Å². The molecule has 22 heavy (non-hydrogen) atoms. The van der Waals surface area contributed by atoms with Crippen molar-refractivity contribution in [3.63, 3.8) is 0 Å². The van der Waals surface area contributed by atoms with Crippen LogP contribution in [0.2, 0.25) is 0 Å². The quantitative estimate of drug-likeness (QED) is 0.886. The van der Waals surface area contributed by atoms with Crippen molar-refractivity contribution in [1.82, 2.24) is 5.32 Å². The van der Waals surface area contributed by atoms with Gasteiger partial charge in [-0.2, -0.15) is 0 Å². The van der Waals surface area contributed by atoms with Crippen LogP contribution in [0.3, 0.4) is 0 Å². The van der Waals surface area contributed by atoms with Gasteiger partial charge in [-0.25, -0.2) is 0 Å². The summed E-state index contributed by atoms with van der Waals surface area (Å²) in [6.07, 6.45) is -0.535. The normalized spacial score (nSPS) is 14.2. The lowest BCUT2D eigenvalue weighted by Crippen LogP contribution is -2.42. The molecule has 118 valence electrons. The van der Waals surface area contributed by atoms with Gasteiger partial charge in [-0.15, -0.1) is 11.3 Å². The maximum atomic E-state index is 12.5. The van der Waals surface area contributed by atoms with Crippen molar-refractivity contribution in [3.05, 3.63) is 52.7 Å². The zero-order chi connectivity index (χ0) is 16.2. The average molecular weight is 317 g/mol. The molecule has 1 heterocycles. The first kappa shape index (κ1) is 16.6. The number of carbonyl (C=O) groups is 1. The third-order valence-corrected chi connectivity index (χ3v) is 4.34. The maximum absolute atomic E-state index is 12.5. The maximum Gasteiger partial charge on any atom is 0.261 e. The van der Waals surface area contributed by atoms with Gasteiger partial charge in [0.25, 0.3) is 5.91 Å².